The molecule has 220 valence electrons. The third kappa shape index (κ3) is 5.91. The lowest BCUT2D eigenvalue weighted by molar-refractivity contribution is -0.183. The summed E-state index contributed by atoms with van der Waals surface area (Å²) < 4.78 is 75.1. The van der Waals surface area contributed by atoms with Gasteiger partial charge in [-0.3, -0.25) is 9.59 Å². The van der Waals surface area contributed by atoms with E-state index >= 15 is 0 Å². The van der Waals surface area contributed by atoms with Crippen molar-refractivity contribution in [2.24, 2.45) is 17.8 Å². The summed E-state index contributed by atoms with van der Waals surface area (Å²) in [6, 6.07) is 2.34. The van der Waals surface area contributed by atoms with E-state index in [1.807, 2.05) is 0 Å². The minimum Gasteiger partial charge on any atom is -0.364 e. The van der Waals surface area contributed by atoms with Crippen molar-refractivity contribution in [3.63, 3.8) is 0 Å². The zero-order valence-corrected chi connectivity index (χ0v) is 22.0. The Balaban J connectivity index is 1.26. The van der Waals surface area contributed by atoms with Crippen LogP contribution in [0, 0.1) is 17.8 Å². The highest BCUT2D eigenvalue weighted by Crippen LogP contribution is 2.43. The molecule has 0 radical (unpaired) electrons. The highest BCUT2D eigenvalue weighted by Gasteiger charge is 2.45. The lowest BCUT2D eigenvalue weighted by Gasteiger charge is -2.34. The van der Waals surface area contributed by atoms with Gasteiger partial charge in [0.15, 0.2) is 5.65 Å². The zero-order valence-electron chi connectivity index (χ0n) is 22.0. The number of carbonyl (C=O) groups excluding carboxylic acids is 2. The molecular formula is C27H29F5N6O3. The summed E-state index contributed by atoms with van der Waals surface area (Å²) in [6.45, 7) is -0.444. The van der Waals surface area contributed by atoms with E-state index in [1.165, 1.54) is 17.0 Å². The largest absolute Gasteiger partial charge is 0.393 e. The van der Waals surface area contributed by atoms with Crippen LogP contribution in [0.5, 0.6) is 0 Å². The van der Waals surface area contributed by atoms with E-state index in [0.29, 0.717) is 35.6 Å². The lowest BCUT2D eigenvalue weighted by atomic mass is 9.80. The number of piperidine rings is 1. The van der Waals surface area contributed by atoms with E-state index < -0.39 is 60.7 Å². The van der Waals surface area contributed by atoms with Crippen LogP contribution >= 0.6 is 0 Å². The Morgan fingerprint density at radius 1 is 1.24 bits per heavy atom. The number of nitrogens with one attached hydrogen (secondary N) is 2. The molecule has 2 amide bonds. The van der Waals surface area contributed by atoms with Crippen LogP contribution in [0.1, 0.15) is 84.3 Å². The van der Waals surface area contributed by atoms with Gasteiger partial charge in [0.1, 0.15) is 11.8 Å². The van der Waals surface area contributed by atoms with E-state index in [-0.39, 0.29) is 30.7 Å². The monoisotopic (exact) mass is 580 g/mol. The number of imidazole rings is 1. The summed E-state index contributed by atoms with van der Waals surface area (Å²) in [7, 11) is 0. The van der Waals surface area contributed by atoms with Gasteiger partial charge in [-0.2, -0.15) is 18.3 Å². The molecule has 3 fully saturated rings. The molecule has 2 aliphatic carbocycles. The fourth-order valence-corrected chi connectivity index (χ4v) is 5.99. The minimum atomic E-state index is -4.41. The Morgan fingerprint density at radius 3 is 2.78 bits per heavy atom. The standard InChI is InChI=1S/C27H29F5N6O3/c28-26(29)7-1-2-15(10-26)23(35-25(40)19-13-41-37-22(19)14-3-4-14)20-12-38-21(34-20)6-5-18(36-38)9-16-8-17(27(30,31)32)11-33-24(16)39/h5-6,12-17,23H,1-4,7-11H2,(H,33,39)(H,35,40)/t15-,16?,17+,23+/m1/s1. The molecule has 14 heteroatoms. The van der Waals surface area contributed by atoms with Gasteiger partial charge in [-0.25, -0.2) is 18.3 Å². The maximum absolute atomic E-state index is 14.5. The first kappa shape index (κ1) is 27.6. The molecular weight excluding hydrogens is 551 g/mol. The molecule has 3 aromatic heterocycles. The predicted octanol–water partition coefficient (Wildman–Crippen LogP) is 4.75. The van der Waals surface area contributed by atoms with Crippen molar-refractivity contribution in [3.8, 4) is 0 Å². The minimum absolute atomic E-state index is 0.00564. The smallest absolute Gasteiger partial charge is 0.364 e. The number of hydrogen-bond acceptors (Lipinski definition) is 6. The molecule has 9 nitrogen and oxygen atoms in total. The number of fused-ring (bicyclic) bond motifs is 1. The maximum atomic E-state index is 14.5. The van der Waals surface area contributed by atoms with Crippen LogP contribution in [0.4, 0.5) is 22.0 Å². The van der Waals surface area contributed by atoms with Crippen molar-refractivity contribution in [1.29, 1.82) is 0 Å². The van der Waals surface area contributed by atoms with Crippen molar-refractivity contribution in [2.45, 2.75) is 75.4 Å². The topological polar surface area (TPSA) is 114 Å². The first-order valence-electron chi connectivity index (χ1n) is 13.8. The molecule has 1 unspecified atom stereocenters. The molecule has 1 saturated heterocycles. The lowest BCUT2D eigenvalue weighted by Crippen LogP contribution is -2.47. The molecule has 2 saturated carbocycles. The first-order chi connectivity index (χ1) is 19.5. The fraction of sp³-hybridized carbons (Fsp3) is 0.593. The molecule has 0 aromatic carbocycles. The SMILES string of the molecule is O=C(N[C@H](c1cn2nc(CC3C[C@H](C(F)(F)F)CNC3=O)ccc2n1)[C@@H]1CCCC(F)(F)C1)c1conc1C1CC1. The van der Waals surface area contributed by atoms with E-state index in [9.17, 15) is 31.5 Å². The van der Waals surface area contributed by atoms with Gasteiger partial charge in [-0.05, 0) is 50.2 Å². The van der Waals surface area contributed by atoms with Gasteiger partial charge in [-0.15, -0.1) is 0 Å². The Hall–Kier alpha value is -3.58. The first-order valence-corrected chi connectivity index (χ1v) is 13.8. The Labute approximate surface area is 231 Å². The molecule has 1 aliphatic heterocycles. The number of halogens is 5. The van der Waals surface area contributed by atoms with Crippen LogP contribution < -0.4 is 10.6 Å². The predicted molar refractivity (Wildman–Crippen MR) is 133 cm³/mol. The van der Waals surface area contributed by atoms with Crippen LogP contribution in [0.25, 0.3) is 5.65 Å². The molecule has 3 aliphatic rings. The summed E-state index contributed by atoms with van der Waals surface area (Å²) in [5, 5.41) is 13.6. The van der Waals surface area contributed by atoms with Gasteiger partial charge < -0.3 is 15.2 Å². The highest BCUT2D eigenvalue weighted by atomic mass is 19.4. The summed E-state index contributed by atoms with van der Waals surface area (Å²) in [4.78, 5) is 30.1. The molecule has 4 atom stereocenters. The van der Waals surface area contributed by atoms with E-state index in [4.69, 9.17) is 4.52 Å². The Bertz CT molecular complexity index is 1450. The number of amides is 2. The number of rotatable bonds is 7. The van der Waals surface area contributed by atoms with Gasteiger partial charge in [0.2, 0.25) is 11.8 Å². The number of nitrogens with zero attached hydrogens (tertiary/aromatic N) is 4. The second-order valence-electron chi connectivity index (χ2n) is 11.5. The summed E-state index contributed by atoms with van der Waals surface area (Å²) in [6.07, 6.45) is -0.0499. The van der Waals surface area contributed by atoms with Crippen molar-refractivity contribution >= 4 is 17.5 Å². The summed E-state index contributed by atoms with van der Waals surface area (Å²) >= 11 is 0. The fourth-order valence-electron chi connectivity index (χ4n) is 5.99. The number of hydrogen-bond donors (Lipinski definition) is 2. The van der Waals surface area contributed by atoms with Crippen LogP contribution in [-0.2, 0) is 11.2 Å². The van der Waals surface area contributed by atoms with Crippen LogP contribution in [0.15, 0.2) is 29.1 Å². The van der Waals surface area contributed by atoms with Crippen molar-refractivity contribution in [1.82, 2.24) is 30.4 Å². The molecule has 0 spiro atoms. The second kappa shape index (κ2) is 10.4. The Morgan fingerprint density at radius 2 is 2.05 bits per heavy atom. The third-order valence-electron chi connectivity index (χ3n) is 8.34. The van der Waals surface area contributed by atoms with E-state index in [2.05, 4.69) is 25.9 Å². The van der Waals surface area contributed by atoms with Crippen molar-refractivity contribution in [3.05, 3.63) is 47.2 Å². The van der Waals surface area contributed by atoms with Crippen molar-refractivity contribution < 1.29 is 36.1 Å². The van der Waals surface area contributed by atoms with Gasteiger partial charge in [0, 0.05) is 37.6 Å². The molecule has 0 bridgehead atoms. The second-order valence-corrected chi connectivity index (χ2v) is 11.5. The van der Waals surface area contributed by atoms with Crippen LogP contribution in [-0.4, -0.2) is 50.2 Å². The van der Waals surface area contributed by atoms with E-state index in [1.54, 1.807) is 12.1 Å². The molecule has 2 N–H and O–H groups in total. The molecule has 6 rings (SSSR count). The summed E-state index contributed by atoms with van der Waals surface area (Å²) in [5.74, 6) is -6.80. The number of carbonyl (C=O) groups is 2. The quantitative estimate of drug-likeness (QED) is 0.390. The molecule has 41 heavy (non-hydrogen) atoms. The average Bonchev–Trinajstić information content (AvgIpc) is 3.47. The van der Waals surface area contributed by atoms with Crippen LogP contribution in [0.3, 0.4) is 0 Å². The highest BCUT2D eigenvalue weighted by molar-refractivity contribution is 5.95. The van der Waals surface area contributed by atoms with Gasteiger partial charge in [0.05, 0.1) is 35.2 Å². The van der Waals surface area contributed by atoms with E-state index in [0.717, 1.165) is 12.8 Å². The number of aromatic nitrogens is 4. The normalized spacial score (nSPS) is 25.6. The van der Waals surface area contributed by atoms with Gasteiger partial charge >= 0.3 is 6.18 Å². The maximum Gasteiger partial charge on any atom is 0.393 e. The third-order valence-corrected chi connectivity index (χ3v) is 8.34. The van der Waals surface area contributed by atoms with Gasteiger partial charge in [-0.1, -0.05) is 5.16 Å². The molecule has 3 aromatic rings. The van der Waals surface area contributed by atoms with Crippen molar-refractivity contribution in [2.75, 3.05) is 6.54 Å². The average molecular weight is 581 g/mol. The zero-order chi connectivity index (χ0) is 28.9. The number of alkyl halides is 5. The summed E-state index contributed by atoms with van der Waals surface area (Å²) in [5.41, 5.74) is 1.91. The van der Waals surface area contributed by atoms with Gasteiger partial charge in [0.25, 0.3) is 5.91 Å². The molecule has 4 heterocycles. The Kier molecular flexibility index (Phi) is 6.97. The van der Waals surface area contributed by atoms with Crippen LogP contribution in [0.2, 0.25) is 0 Å².